The molecule has 106 valence electrons. The molecule has 3 fully saturated rings. The molecule has 3 nitrogen and oxygen atoms in total. The molecule has 3 atom stereocenters. The van der Waals surface area contributed by atoms with Gasteiger partial charge in [0.1, 0.15) is 0 Å². The summed E-state index contributed by atoms with van der Waals surface area (Å²) in [7, 11) is 0. The van der Waals surface area contributed by atoms with Crippen molar-refractivity contribution in [3.8, 4) is 0 Å². The van der Waals surface area contributed by atoms with Crippen LogP contribution in [0.2, 0.25) is 0 Å². The highest BCUT2D eigenvalue weighted by Gasteiger charge is 2.51. The Morgan fingerprint density at radius 3 is 2.68 bits per heavy atom. The van der Waals surface area contributed by atoms with Gasteiger partial charge in [0.15, 0.2) is 0 Å². The average molecular weight is 263 g/mol. The molecule has 1 aliphatic heterocycles. The molecular weight excluding hydrogens is 238 g/mol. The van der Waals surface area contributed by atoms with Crippen LogP contribution in [0.4, 0.5) is 0 Å². The zero-order valence-electron chi connectivity index (χ0n) is 11.9. The summed E-state index contributed by atoms with van der Waals surface area (Å²) in [4.78, 5) is 24.1. The fourth-order valence-corrected chi connectivity index (χ4v) is 4.61. The van der Waals surface area contributed by atoms with E-state index in [0.717, 1.165) is 37.5 Å². The lowest BCUT2D eigenvalue weighted by atomic mass is 9.58. The third kappa shape index (κ3) is 2.44. The summed E-state index contributed by atoms with van der Waals surface area (Å²) in [6.07, 6.45) is 10.1. The number of carbonyl (C=O) groups excluding carboxylic acids is 2. The van der Waals surface area contributed by atoms with E-state index in [9.17, 15) is 9.59 Å². The molecule has 1 N–H and O–H groups in total. The van der Waals surface area contributed by atoms with E-state index in [2.05, 4.69) is 12.2 Å². The fraction of sp³-hybridized carbons (Fsp3) is 0.875. The molecule has 1 spiro atoms. The first-order chi connectivity index (χ1) is 9.14. The smallest absolute Gasteiger partial charge is 0.230 e. The van der Waals surface area contributed by atoms with E-state index >= 15 is 0 Å². The van der Waals surface area contributed by atoms with Crippen molar-refractivity contribution in [3.05, 3.63) is 0 Å². The van der Waals surface area contributed by atoms with Gasteiger partial charge in [0.25, 0.3) is 0 Å². The minimum absolute atomic E-state index is 0.000926. The number of carbonyl (C=O) groups is 2. The maximum absolute atomic E-state index is 12.2. The van der Waals surface area contributed by atoms with E-state index in [1.165, 1.54) is 25.7 Å². The molecule has 2 saturated carbocycles. The van der Waals surface area contributed by atoms with Gasteiger partial charge in [0, 0.05) is 12.3 Å². The molecule has 0 radical (unpaired) electrons. The normalized spacial score (nSPS) is 39.4. The summed E-state index contributed by atoms with van der Waals surface area (Å²) >= 11 is 0. The van der Waals surface area contributed by atoms with Crippen LogP contribution in [-0.2, 0) is 9.59 Å². The highest BCUT2D eigenvalue weighted by Crippen LogP contribution is 2.55. The fourth-order valence-electron chi connectivity index (χ4n) is 4.61. The predicted octanol–water partition coefficient (Wildman–Crippen LogP) is 3.04. The van der Waals surface area contributed by atoms with Gasteiger partial charge in [-0.2, -0.15) is 0 Å². The van der Waals surface area contributed by atoms with Gasteiger partial charge in [-0.05, 0) is 49.4 Å². The SMILES string of the molecule is CCCC1C(=O)NC(=O)CC12CCCC(C1CC1)C2. The number of amides is 2. The molecular formula is C16H25NO2. The second-order valence-corrected chi connectivity index (χ2v) is 6.99. The summed E-state index contributed by atoms with van der Waals surface area (Å²) in [6.45, 7) is 2.14. The van der Waals surface area contributed by atoms with Crippen molar-refractivity contribution in [1.29, 1.82) is 0 Å². The minimum atomic E-state index is -0.0335. The Kier molecular flexibility index (Phi) is 3.40. The Morgan fingerprint density at radius 2 is 2.00 bits per heavy atom. The average Bonchev–Trinajstić information content (AvgIpc) is 3.18. The van der Waals surface area contributed by atoms with Gasteiger partial charge < -0.3 is 0 Å². The number of imide groups is 1. The van der Waals surface area contributed by atoms with Crippen molar-refractivity contribution >= 4 is 11.8 Å². The monoisotopic (exact) mass is 263 g/mol. The van der Waals surface area contributed by atoms with E-state index in [4.69, 9.17) is 0 Å². The van der Waals surface area contributed by atoms with Gasteiger partial charge in [0.05, 0.1) is 0 Å². The Labute approximate surface area is 115 Å². The lowest BCUT2D eigenvalue weighted by Gasteiger charge is -2.48. The Hall–Kier alpha value is -0.860. The van der Waals surface area contributed by atoms with Gasteiger partial charge in [-0.1, -0.05) is 26.2 Å². The van der Waals surface area contributed by atoms with Crippen molar-refractivity contribution in [2.75, 3.05) is 0 Å². The molecule has 1 saturated heterocycles. The number of hydrogen-bond donors (Lipinski definition) is 1. The van der Waals surface area contributed by atoms with Crippen LogP contribution in [0.3, 0.4) is 0 Å². The molecule has 2 amide bonds. The van der Waals surface area contributed by atoms with Crippen LogP contribution in [-0.4, -0.2) is 11.8 Å². The summed E-state index contributed by atoms with van der Waals surface area (Å²) < 4.78 is 0. The molecule has 2 aliphatic carbocycles. The number of rotatable bonds is 3. The second-order valence-electron chi connectivity index (χ2n) is 6.99. The molecule has 0 bridgehead atoms. The van der Waals surface area contributed by atoms with E-state index in [0.29, 0.717) is 6.42 Å². The first-order valence-corrected chi connectivity index (χ1v) is 7.98. The van der Waals surface area contributed by atoms with Gasteiger partial charge in [-0.15, -0.1) is 0 Å². The zero-order valence-corrected chi connectivity index (χ0v) is 11.9. The second kappa shape index (κ2) is 4.92. The van der Waals surface area contributed by atoms with Crippen LogP contribution in [0.1, 0.15) is 64.7 Å². The molecule has 0 aromatic heterocycles. The molecule has 3 rings (SSSR count). The number of nitrogens with one attached hydrogen (secondary N) is 1. The first kappa shape index (κ1) is 13.1. The first-order valence-electron chi connectivity index (χ1n) is 7.98. The predicted molar refractivity (Wildman–Crippen MR) is 73.3 cm³/mol. The van der Waals surface area contributed by atoms with E-state index in [1.54, 1.807) is 0 Å². The van der Waals surface area contributed by atoms with Crippen molar-refractivity contribution < 1.29 is 9.59 Å². The van der Waals surface area contributed by atoms with Crippen molar-refractivity contribution in [1.82, 2.24) is 5.32 Å². The van der Waals surface area contributed by atoms with Gasteiger partial charge in [-0.25, -0.2) is 0 Å². The van der Waals surface area contributed by atoms with Crippen LogP contribution < -0.4 is 5.32 Å². The van der Waals surface area contributed by atoms with Gasteiger partial charge in [0.2, 0.25) is 11.8 Å². The number of hydrogen-bond acceptors (Lipinski definition) is 2. The summed E-state index contributed by atoms with van der Waals surface area (Å²) in [5.41, 5.74) is 0.000926. The molecule has 0 aromatic carbocycles. The van der Waals surface area contributed by atoms with Gasteiger partial charge in [-0.3, -0.25) is 14.9 Å². The summed E-state index contributed by atoms with van der Waals surface area (Å²) in [5.74, 6) is 1.74. The lowest BCUT2D eigenvalue weighted by molar-refractivity contribution is -0.147. The third-order valence-corrected chi connectivity index (χ3v) is 5.62. The van der Waals surface area contributed by atoms with Crippen molar-refractivity contribution in [3.63, 3.8) is 0 Å². The maximum Gasteiger partial charge on any atom is 0.230 e. The van der Waals surface area contributed by atoms with E-state index < -0.39 is 0 Å². The molecule has 19 heavy (non-hydrogen) atoms. The third-order valence-electron chi connectivity index (χ3n) is 5.62. The lowest BCUT2D eigenvalue weighted by Crippen LogP contribution is -2.53. The van der Waals surface area contributed by atoms with Crippen LogP contribution in [0.15, 0.2) is 0 Å². The van der Waals surface area contributed by atoms with Crippen LogP contribution in [0.5, 0.6) is 0 Å². The van der Waals surface area contributed by atoms with Crippen molar-refractivity contribution in [2.24, 2.45) is 23.2 Å². The van der Waals surface area contributed by atoms with E-state index in [-0.39, 0.29) is 23.1 Å². The standard InChI is InChI=1S/C16H25NO2/c1-2-4-13-15(19)17-14(18)10-16(13)8-3-5-12(9-16)11-6-7-11/h11-13H,2-10H2,1H3,(H,17,18,19). The largest absolute Gasteiger partial charge is 0.296 e. The molecule has 0 aromatic rings. The minimum Gasteiger partial charge on any atom is -0.296 e. The molecule has 1 heterocycles. The van der Waals surface area contributed by atoms with Crippen molar-refractivity contribution in [2.45, 2.75) is 64.7 Å². The summed E-state index contributed by atoms with van der Waals surface area (Å²) in [6, 6.07) is 0. The zero-order chi connectivity index (χ0) is 13.5. The highest BCUT2D eigenvalue weighted by atomic mass is 16.2. The maximum atomic E-state index is 12.2. The Balaban J connectivity index is 1.83. The van der Waals surface area contributed by atoms with Gasteiger partial charge >= 0.3 is 0 Å². The van der Waals surface area contributed by atoms with E-state index in [1.807, 2.05) is 0 Å². The topological polar surface area (TPSA) is 46.2 Å². The molecule has 3 aliphatic rings. The quantitative estimate of drug-likeness (QED) is 0.795. The highest BCUT2D eigenvalue weighted by molar-refractivity contribution is 5.99. The molecule has 3 heteroatoms. The van der Waals surface area contributed by atoms with Crippen LogP contribution in [0, 0.1) is 23.2 Å². The van der Waals surface area contributed by atoms with Crippen LogP contribution in [0.25, 0.3) is 0 Å². The molecule has 3 unspecified atom stereocenters. The summed E-state index contributed by atoms with van der Waals surface area (Å²) in [5, 5.41) is 2.57. The Morgan fingerprint density at radius 1 is 1.21 bits per heavy atom. The van der Waals surface area contributed by atoms with Crippen LogP contribution >= 0.6 is 0 Å². The Bertz CT molecular complexity index is 388. The number of piperidine rings is 1.